The summed E-state index contributed by atoms with van der Waals surface area (Å²) in [4.78, 5) is 41.9. The Morgan fingerprint density at radius 3 is 2.63 bits per heavy atom. The lowest BCUT2D eigenvalue weighted by atomic mass is 9.95. The molecule has 1 aromatic heterocycles. The van der Waals surface area contributed by atoms with Crippen LogP contribution in [0.15, 0.2) is 30.3 Å². The maximum Gasteiger partial charge on any atom is 0.414 e. The second-order valence-corrected chi connectivity index (χ2v) is 11.5. The molecule has 3 amide bonds. The summed E-state index contributed by atoms with van der Waals surface area (Å²) in [5, 5.41) is 5.81. The van der Waals surface area contributed by atoms with E-state index in [-0.39, 0.29) is 30.9 Å². The van der Waals surface area contributed by atoms with E-state index >= 15 is 0 Å². The SMILES string of the molecule is CC(C)(C)C(=O)Nc1cc(N2CC(CNC(=O)c3ccc(Cl)s3)OC2=O)ccc1N1CCC(N)C1. The van der Waals surface area contributed by atoms with Gasteiger partial charge < -0.3 is 26.0 Å². The van der Waals surface area contributed by atoms with E-state index in [0.717, 1.165) is 18.7 Å². The van der Waals surface area contributed by atoms with Gasteiger partial charge in [0.2, 0.25) is 5.91 Å². The van der Waals surface area contributed by atoms with E-state index < -0.39 is 17.6 Å². The highest BCUT2D eigenvalue weighted by atomic mass is 35.5. The Balaban J connectivity index is 1.49. The monoisotopic (exact) mass is 519 g/mol. The van der Waals surface area contributed by atoms with Crippen molar-refractivity contribution >= 4 is 57.9 Å². The Labute approximate surface area is 213 Å². The normalized spacial score (nSPS) is 20.2. The smallest absolute Gasteiger partial charge is 0.414 e. The highest BCUT2D eigenvalue weighted by Crippen LogP contribution is 2.35. The van der Waals surface area contributed by atoms with E-state index in [2.05, 4.69) is 15.5 Å². The van der Waals surface area contributed by atoms with E-state index in [1.807, 2.05) is 32.9 Å². The van der Waals surface area contributed by atoms with Gasteiger partial charge in [-0.05, 0) is 36.8 Å². The Kier molecular flexibility index (Phi) is 7.25. The van der Waals surface area contributed by atoms with Gasteiger partial charge in [0.15, 0.2) is 0 Å². The minimum absolute atomic E-state index is 0.0792. The number of halogens is 1. The van der Waals surface area contributed by atoms with Crippen molar-refractivity contribution in [2.45, 2.75) is 39.3 Å². The average molecular weight is 520 g/mol. The fraction of sp³-hybridized carbons (Fsp3) is 0.458. The van der Waals surface area contributed by atoms with Crippen molar-refractivity contribution in [1.29, 1.82) is 0 Å². The molecule has 0 radical (unpaired) electrons. The van der Waals surface area contributed by atoms with Crippen LogP contribution >= 0.6 is 22.9 Å². The van der Waals surface area contributed by atoms with Crippen LogP contribution in [-0.2, 0) is 9.53 Å². The Hall–Kier alpha value is -2.82. The molecule has 4 rings (SSSR count). The minimum Gasteiger partial charge on any atom is -0.442 e. The maximum absolute atomic E-state index is 12.8. The van der Waals surface area contributed by atoms with Crippen molar-refractivity contribution in [3.63, 3.8) is 0 Å². The lowest BCUT2D eigenvalue weighted by Gasteiger charge is -2.26. The summed E-state index contributed by atoms with van der Waals surface area (Å²) in [6.07, 6.45) is -0.143. The van der Waals surface area contributed by atoms with Crippen molar-refractivity contribution in [1.82, 2.24) is 5.32 Å². The van der Waals surface area contributed by atoms with Gasteiger partial charge >= 0.3 is 6.09 Å². The summed E-state index contributed by atoms with van der Waals surface area (Å²) in [5.74, 6) is -0.394. The Bertz CT molecular complexity index is 1130. The third-order valence-electron chi connectivity index (χ3n) is 5.95. The summed E-state index contributed by atoms with van der Waals surface area (Å²) >= 11 is 7.08. The molecule has 9 nitrogen and oxygen atoms in total. The van der Waals surface area contributed by atoms with Crippen LogP contribution in [0, 0.1) is 5.41 Å². The molecule has 35 heavy (non-hydrogen) atoms. The second-order valence-electron chi connectivity index (χ2n) is 9.83. The predicted molar refractivity (Wildman–Crippen MR) is 139 cm³/mol. The van der Waals surface area contributed by atoms with Crippen LogP contribution in [-0.4, -0.2) is 56.2 Å². The molecule has 0 spiro atoms. The van der Waals surface area contributed by atoms with E-state index in [1.165, 1.54) is 16.2 Å². The molecule has 1 aromatic carbocycles. The zero-order valence-corrected chi connectivity index (χ0v) is 21.5. The molecule has 4 N–H and O–H groups in total. The number of carbonyl (C=O) groups is 3. The quantitative estimate of drug-likeness (QED) is 0.536. The van der Waals surface area contributed by atoms with Gasteiger partial charge in [0, 0.05) is 30.2 Å². The second kappa shape index (κ2) is 10.0. The highest BCUT2D eigenvalue weighted by molar-refractivity contribution is 7.18. The molecule has 0 bridgehead atoms. The number of hydrogen-bond donors (Lipinski definition) is 3. The molecule has 2 saturated heterocycles. The average Bonchev–Trinajstić information content (AvgIpc) is 3.51. The number of nitrogens with one attached hydrogen (secondary N) is 2. The molecule has 0 aliphatic carbocycles. The molecular formula is C24H30ClN5O4S. The molecule has 2 atom stereocenters. The number of nitrogens with two attached hydrogens (primary N) is 1. The Morgan fingerprint density at radius 1 is 1.23 bits per heavy atom. The lowest BCUT2D eigenvalue weighted by Crippen LogP contribution is -2.34. The van der Waals surface area contributed by atoms with E-state index in [4.69, 9.17) is 22.1 Å². The number of hydrogen-bond acceptors (Lipinski definition) is 7. The number of cyclic esters (lactones) is 1. The van der Waals surface area contributed by atoms with Crippen molar-refractivity contribution in [2.24, 2.45) is 11.1 Å². The molecule has 2 aliphatic rings. The number of rotatable bonds is 6. The Morgan fingerprint density at radius 2 is 2.00 bits per heavy atom. The minimum atomic E-state index is -0.586. The molecule has 0 saturated carbocycles. The molecule has 2 unspecified atom stereocenters. The first kappa shape index (κ1) is 25.3. The number of nitrogens with zero attached hydrogens (tertiary/aromatic N) is 2. The van der Waals surface area contributed by atoms with Gasteiger partial charge in [0.05, 0.1) is 33.7 Å². The topological polar surface area (TPSA) is 117 Å². The largest absolute Gasteiger partial charge is 0.442 e. The van der Waals surface area contributed by atoms with Crippen LogP contribution < -0.4 is 26.2 Å². The van der Waals surface area contributed by atoms with Crippen molar-refractivity contribution in [3.8, 4) is 0 Å². The van der Waals surface area contributed by atoms with Crippen molar-refractivity contribution in [3.05, 3.63) is 39.5 Å². The zero-order chi connectivity index (χ0) is 25.3. The van der Waals surface area contributed by atoms with Gasteiger partial charge in [0.1, 0.15) is 6.10 Å². The summed E-state index contributed by atoms with van der Waals surface area (Å²) < 4.78 is 6.00. The third kappa shape index (κ3) is 5.88. The first-order chi connectivity index (χ1) is 16.5. The van der Waals surface area contributed by atoms with Crippen LogP contribution in [0.1, 0.15) is 36.9 Å². The van der Waals surface area contributed by atoms with Gasteiger partial charge in [-0.2, -0.15) is 0 Å². The van der Waals surface area contributed by atoms with Crippen LogP contribution in [0.3, 0.4) is 0 Å². The summed E-state index contributed by atoms with van der Waals surface area (Å²) in [6.45, 7) is 7.47. The van der Waals surface area contributed by atoms with Crippen molar-refractivity contribution < 1.29 is 19.1 Å². The van der Waals surface area contributed by atoms with E-state index in [0.29, 0.717) is 27.1 Å². The van der Waals surface area contributed by atoms with Crippen molar-refractivity contribution in [2.75, 3.05) is 41.3 Å². The number of ether oxygens (including phenoxy) is 1. The molecule has 3 heterocycles. The van der Waals surface area contributed by atoms with E-state index in [9.17, 15) is 14.4 Å². The zero-order valence-electron chi connectivity index (χ0n) is 20.0. The third-order valence-corrected chi connectivity index (χ3v) is 7.18. The number of amides is 3. The number of benzene rings is 1. The molecule has 2 aromatic rings. The molecular weight excluding hydrogens is 490 g/mol. The summed E-state index contributed by atoms with van der Waals surface area (Å²) in [5.41, 5.74) is 7.60. The fourth-order valence-electron chi connectivity index (χ4n) is 3.95. The number of anilines is 3. The van der Waals surface area contributed by atoms with Gasteiger partial charge in [-0.15, -0.1) is 11.3 Å². The lowest BCUT2D eigenvalue weighted by molar-refractivity contribution is -0.123. The maximum atomic E-state index is 12.8. The molecule has 2 aliphatic heterocycles. The standard InChI is InChI=1S/C24H30ClN5O4S/c1-24(2,3)22(32)28-17-10-15(4-5-18(17)29-9-8-14(26)12-29)30-13-16(34-23(30)33)11-27-21(31)19-6-7-20(25)35-19/h4-7,10,14,16H,8-9,11-13,26H2,1-3H3,(H,27,31)(H,28,32). The van der Waals surface area contributed by atoms with Crippen LogP contribution in [0.25, 0.3) is 0 Å². The number of thiophene rings is 1. The first-order valence-corrected chi connectivity index (χ1v) is 12.7. The highest BCUT2D eigenvalue weighted by Gasteiger charge is 2.34. The van der Waals surface area contributed by atoms with Crippen LogP contribution in [0.2, 0.25) is 4.34 Å². The fourth-order valence-corrected chi connectivity index (χ4v) is 4.91. The molecule has 2 fully saturated rings. The first-order valence-electron chi connectivity index (χ1n) is 11.5. The summed E-state index contributed by atoms with van der Waals surface area (Å²) in [7, 11) is 0. The van der Waals surface area contributed by atoms with E-state index in [1.54, 1.807) is 18.2 Å². The van der Waals surface area contributed by atoms with Gasteiger partial charge in [-0.1, -0.05) is 32.4 Å². The molecule has 11 heteroatoms. The van der Waals surface area contributed by atoms with Gasteiger partial charge in [-0.25, -0.2) is 4.79 Å². The van der Waals surface area contributed by atoms with Gasteiger partial charge in [-0.3, -0.25) is 14.5 Å². The number of carbonyl (C=O) groups excluding carboxylic acids is 3. The predicted octanol–water partition coefficient (Wildman–Crippen LogP) is 3.68. The van der Waals surface area contributed by atoms with Crippen LogP contribution in [0.4, 0.5) is 21.9 Å². The summed E-state index contributed by atoms with van der Waals surface area (Å²) in [6, 6.07) is 8.91. The molecule has 188 valence electrons. The van der Waals surface area contributed by atoms with Gasteiger partial charge in [0.25, 0.3) is 5.91 Å². The van der Waals surface area contributed by atoms with Crippen LogP contribution in [0.5, 0.6) is 0 Å².